The number of amides is 2. The monoisotopic (exact) mass is 244 g/mol. The highest BCUT2D eigenvalue weighted by Crippen LogP contribution is 2.18. The van der Waals surface area contributed by atoms with Crippen molar-refractivity contribution in [1.29, 1.82) is 0 Å². The van der Waals surface area contributed by atoms with Crippen molar-refractivity contribution in [3.8, 4) is 18.1 Å². The van der Waals surface area contributed by atoms with Gasteiger partial charge in [0, 0.05) is 0 Å². The molecule has 1 fully saturated rings. The van der Waals surface area contributed by atoms with Crippen molar-refractivity contribution >= 4 is 6.03 Å². The predicted octanol–water partition coefficient (Wildman–Crippen LogP) is 1.40. The Balaban J connectivity index is 1.76. The van der Waals surface area contributed by atoms with Crippen LogP contribution in [-0.2, 0) is 0 Å². The number of nitrogens with one attached hydrogen (secondary N) is 1. The first kappa shape index (κ1) is 12.3. The molecule has 1 aromatic carbocycles. The van der Waals surface area contributed by atoms with Gasteiger partial charge >= 0.3 is 6.03 Å². The lowest BCUT2D eigenvalue weighted by Gasteiger charge is -2.38. The smallest absolute Gasteiger partial charge is 0.318 e. The Labute approximate surface area is 107 Å². The van der Waals surface area contributed by atoms with Crippen LogP contribution in [0.2, 0.25) is 0 Å². The summed E-state index contributed by atoms with van der Waals surface area (Å²) < 4.78 is 5.75. The van der Waals surface area contributed by atoms with Gasteiger partial charge in [-0.15, -0.1) is 6.42 Å². The first-order valence-corrected chi connectivity index (χ1v) is 5.88. The number of nitrogens with zero attached hydrogens (tertiary/aromatic N) is 1. The van der Waals surface area contributed by atoms with Crippen LogP contribution in [-0.4, -0.2) is 36.7 Å². The van der Waals surface area contributed by atoms with Crippen LogP contribution >= 0.6 is 0 Å². The second-order valence-electron chi connectivity index (χ2n) is 4.32. The maximum absolute atomic E-state index is 11.5. The summed E-state index contributed by atoms with van der Waals surface area (Å²) in [6.07, 6.45) is 5.14. The number of benzene rings is 1. The topological polar surface area (TPSA) is 41.6 Å². The van der Waals surface area contributed by atoms with E-state index in [1.165, 1.54) is 0 Å². The van der Waals surface area contributed by atoms with Gasteiger partial charge in [0.15, 0.2) is 0 Å². The van der Waals surface area contributed by atoms with Crippen LogP contribution in [0.25, 0.3) is 0 Å². The van der Waals surface area contributed by atoms with E-state index in [1.807, 2.05) is 31.2 Å². The highest BCUT2D eigenvalue weighted by molar-refractivity contribution is 5.75. The van der Waals surface area contributed by atoms with Gasteiger partial charge in [-0.1, -0.05) is 18.1 Å². The molecule has 0 unspecified atom stereocenters. The van der Waals surface area contributed by atoms with Crippen molar-refractivity contribution in [2.75, 3.05) is 19.6 Å². The second kappa shape index (κ2) is 5.46. The molecule has 1 N–H and O–H groups in total. The molecule has 0 spiro atoms. The highest BCUT2D eigenvalue weighted by atomic mass is 16.5. The molecule has 1 heterocycles. The summed E-state index contributed by atoms with van der Waals surface area (Å²) in [5, 5.41) is 2.62. The Hall–Kier alpha value is -2.15. The molecule has 1 aromatic rings. The minimum absolute atomic E-state index is 0.0726. The number of aryl methyl sites for hydroxylation is 1. The van der Waals surface area contributed by atoms with Gasteiger partial charge < -0.3 is 15.0 Å². The standard InChI is InChI=1S/C14H16N2O2/c1-3-7-15-14(17)16-9-13(10-16)18-12-6-4-5-11(2)8-12/h1,4-6,8,13H,7,9-10H2,2H3,(H,15,17). The Kier molecular flexibility index (Phi) is 3.73. The number of terminal acetylenes is 1. The van der Waals surface area contributed by atoms with Crippen molar-refractivity contribution in [3.05, 3.63) is 29.8 Å². The molecule has 0 aromatic heterocycles. The van der Waals surface area contributed by atoms with Gasteiger partial charge in [-0.05, 0) is 24.6 Å². The van der Waals surface area contributed by atoms with E-state index in [-0.39, 0.29) is 18.7 Å². The zero-order valence-corrected chi connectivity index (χ0v) is 10.3. The van der Waals surface area contributed by atoms with E-state index in [4.69, 9.17) is 11.2 Å². The molecule has 0 radical (unpaired) electrons. The minimum atomic E-state index is -0.128. The molecule has 2 amide bonds. The van der Waals surface area contributed by atoms with Gasteiger partial charge in [0.05, 0.1) is 19.6 Å². The first-order valence-electron chi connectivity index (χ1n) is 5.88. The van der Waals surface area contributed by atoms with Gasteiger partial charge in [-0.25, -0.2) is 4.79 Å². The summed E-state index contributed by atoms with van der Waals surface area (Å²) in [6.45, 7) is 3.49. The van der Waals surface area contributed by atoms with Crippen molar-refractivity contribution in [1.82, 2.24) is 10.2 Å². The van der Waals surface area contributed by atoms with Crippen molar-refractivity contribution in [2.24, 2.45) is 0 Å². The molecule has 1 aliphatic heterocycles. The molecule has 0 atom stereocenters. The maximum atomic E-state index is 11.5. The fraction of sp³-hybridized carbons (Fsp3) is 0.357. The molecule has 1 saturated heterocycles. The maximum Gasteiger partial charge on any atom is 0.318 e. The molecule has 4 nitrogen and oxygen atoms in total. The molecule has 18 heavy (non-hydrogen) atoms. The Morgan fingerprint density at radius 3 is 3.06 bits per heavy atom. The van der Waals surface area contributed by atoms with Crippen LogP contribution in [0.1, 0.15) is 5.56 Å². The van der Waals surface area contributed by atoms with Crippen LogP contribution < -0.4 is 10.1 Å². The summed E-state index contributed by atoms with van der Waals surface area (Å²) in [6, 6.07) is 7.76. The molecule has 1 aliphatic rings. The molecule has 0 saturated carbocycles. The van der Waals surface area contributed by atoms with Crippen molar-refractivity contribution < 1.29 is 9.53 Å². The van der Waals surface area contributed by atoms with E-state index >= 15 is 0 Å². The van der Waals surface area contributed by atoms with Crippen molar-refractivity contribution in [2.45, 2.75) is 13.0 Å². The third-order valence-corrected chi connectivity index (χ3v) is 2.77. The lowest BCUT2D eigenvalue weighted by Crippen LogP contribution is -2.58. The number of carbonyl (C=O) groups excluding carboxylic acids is 1. The van der Waals surface area contributed by atoms with E-state index in [0.29, 0.717) is 13.1 Å². The Bertz CT molecular complexity index is 473. The lowest BCUT2D eigenvalue weighted by molar-refractivity contribution is 0.0448. The fourth-order valence-corrected chi connectivity index (χ4v) is 1.80. The number of carbonyl (C=O) groups is 1. The van der Waals surface area contributed by atoms with Crippen LogP contribution in [0.15, 0.2) is 24.3 Å². The zero-order valence-electron chi connectivity index (χ0n) is 10.3. The molecule has 94 valence electrons. The summed E-state index contributed by atoms with van der Waals surface area (Å²) in [4.78, 5) is 13.2. The van der Waals surface area contributed by atoms with Gasteiger partial charge in [0.1, 0.15) is 11.9 Å². The fourth-order valence-electron chi connectivity index (χ4n) is 1.80. The summed E-state index contributed by atoms with van der Waals surface area (Å²) in [5.41, 5.74) is 1.16. The largest absolute Gasteiger partial charge is 0.487 e. The average molecular weight is 244 g/mol. The van der Waals surface area contributed by atoms with E-state index in [1.54, 1.807) is 4.90 Å². The normalized spacial score (nSPS) is 14.6. The van der Waals surface area contributed by atoms with Crippen molar-refractivity contribution in [3.63, 3.8) is 0 Å². The quantitative estimate of drug-likeness (QED) is 0.817. The van der Waals surface area contributed by atoms with Crippen LogP contribution in [0.3, 0.4) is 0 Å². The van der Waals surface area contributed by atoms with E-state index in [2.05, 4.69) is 11.2 Å². The number of urea groups is 1. The molecule has 0 bridgehead atoms. The van der Waals surface area contributed by atoms with Gasteiger partial charge in [-0.3, -0.25) is 0 Å². The van der Waals surface area contributed by atoms with Crippen LogP contribution in [0.4, 0.5) is 4.79 Å². The highest BCUT2D eigenvalue weighted by Gasteiger charge is 2.31. The molecule has 0 aliphatic carbocycles. The third-order valence-electron chi connectivity index (χ3n) is 2.77. The second-order valence-corrected chi connectivity index (χ2v) is 4.32. The number of ether oxygens (including phenoxy) is 1. The summed E-state index contributed by atoms with van der Waals surface area (Å²) >= 11 is 0. The number of hydrogen-bond acceptors (Lipinski definition) is 2. The SMILES string of the molecule is C#CCNC(=O)N1CC(Oc2cccc(C)c2)C1. The Morgan fingerprint density at radius 2 is 2.39 bits per heavy atom. The number of hydrogen-bond donors (Lipinski definition) is 1. The van der Waals surface area contributed by atoms with Crippen LogP contribution in [0.5, 0.6) is 5.75 Å². The van der Waals surface area contributed by atoms with E-state index in [9.17, 15) is 4.79 Å². The van der Waals surface area contributed by atoms with Gasteiger partial charge in [0.2, 0.25) is 0 Å². The molecular formula is C14H16N2O2. The molecule has 4 heteroatoms. The zero-order chi connectivity index (χ0) is 13.0. The van der Waals surface area contributed by atoms with Gasteiger partial charge in [-0.2, -0.15) is 0 Å². The predicted molar refractivity (Wildman–Crippen MR) is 69.4 cm³/mol. The van der Waals surface area contributed by atoms with E-state index < -0.39 is 0 Å². The first-order chi connectivity index (χ1) is 8.69. The van der Waals surface area contributed by atoms with Gasteiger partial charge in [0.25, 0.3) is 0 Å². The number of likely N-dealkylation sites (tertiary alicyclic amines) is 1. The lowest BCUT2D eigenvalue weighted by atomic mass is 10.1. The molecular weight excluding hydrogens is 228 g/mol. The molecule has 2 rings (SSSR count). The van der Waals surface area contributed by atoms with Crippen LogP contribution in [0, 0.1) is 19.3 Å². The minimum Gasteiger partial charge on any atom is -0.487 e. The summed E-state index contributed by atoms with van der Waals surface area (Å²) in [5.74, 6) is 3.22. The Morgan fingerprint density at radius 1 is 1.61 bits per heavy atom. The average Bonchev–Trinajstić information content (AvgIpc) is 2.30. The number of rotatable bonds is 3. The third kappa shape index (κ3) is 2.95. The summed E-state index contributed by atoms with van der Waals surface area (Å²) in [7, 11) is 0. The van der Waals surface area contributed by atoms with E-state index in [0.717, 1.165) is 11.3 Å².